The Labute approximate surface area is 184 Å². The number of halogens is 1. The summed E-state index contributed by atoms with van der Waals surface area (Å²) in [6, 6.07) is 5.59. The summed E-state index contributed by atoms with van der Waals surface area (Å²) in [6.07, 6.45) is 5.30. The van der Waals surface area contributed by atoms with Crippen molar-refractivity contribution in [1.82, 2.24) is 29.3 Å². The molecule has 5 rings (SSSR count). The number of pyridine rings is 2. The minimum atomic E-state index is -0.142. The smallest absolute Gasteiger partial charge is 0.270 e. The number of nitrogens with one attached hydrogen (secondary N) is 1. The highest BCUT2D eigenvalue weighted by Crippen LogP contribution is 2.24. The highest BCUT2D eigenvalue weighted by Gasteiger charge is 2.29. The van der Waals surface area contributed by atoms with E-state index in [4.69, 9.17) is 11.6 Å². The number of rotatable bonds is 5. The van der Waals surface area contributed by atoms with Crippen molar-refractivity contribution >= 4 is 22.8 Å². The summed E-state index contributed by atoms with van der Waals surface area (Å²) in [5.74, 6) is 0. The van der Waals surface area contributed by atoms with E-state index in [9.17, 15) is 9.59 Å². The first-order chi connectivity index (χ1) is 15.0. The van der Waals surface area contributed by atoms with Gasteiger partial charge in [-0.25, -0.2) is 4.98 Å². The molecule has 1 fully saturated rings. The van der Waals surface area contributed by atoms with E-state index in [-0.39, 0.29) is 17.2 Å². The van der Waals surface area contributed by atoms with Gasteiger partial charge in [-0.15, -0.1) is 0 Å². The average molecular weight is 441 g/mol. The topological polar surface area (TPSA) is 85.1 Å². The second-order valence-electron chi connectivity index (χ2n) is 8.48. The normalized spacial score (nSPS) is 19.4. The van der Waals surface area contributed by atoms with Crippen LogP contribution >= 0.6 is 11.6 Å². The van der Waals surface area contributed by atoms with Gasteiger partial charge in [0, 0.05) is 37.9 Å². The molecule has 0 saturated carbocycles. The van der Waals surface area contributed by atoms with Crippen molar-refractivity contribution < 1.29 is 0 Å². The van der Waals surface area contributed by atoms with Gasteiger partial charge in [0.25, 0.3) is 11.1 Å². The summed E-state index contributed by atoms with van der Waals surface area (Å²) in [7, 11) is 0. The minimum absolute atomic E-state index is 0.0432. The van der Waals surface area contributed by atoms with E-state index in [0.717, 1.165) is 50.3 Å². The predicted octanol–water partition coefficient (Wildman–Crippen LogP) is 1.72. The molecule has 3 aromatic heterocycles. The number of piperidine rings is 1. The van der Waals surface area contributed by atoms with Crippen LogP contribution in [-0.2, 0) is 13.1 Å². The van der Waals surface area contributed by atoms with E-state index in [1.54, 1.807) is 15.2 Å². The summed E-state index contributed by atoms with van der Waals surface area (Å²) in [4.78, 5) is 35.7. The molecule has 162 valence electrons. The average Bonchev–Trinajstić information content (AvgIpc) is 3.15. The summed E-state index contributed by atoms with van der Waals surface area (Å²) < 4.78 is 3.44. The van der Waals surface area contributed by atoms with Crippen LogP contribution in [0, 0.1) is 6.92 Å². The van der Waals surface area contributed by atoms with Gasteiger partial charge in [-0.05, 0) is 50.6 Å². The molecule has 0 spiro atoms. The van der Waals surface area contributed by atoms with Gasteiger partial charge < -0.3 is 10.2 Å². The van der Waals surface area contributed by atoms with Crippen LogP contribution in [0.15, 0.2) is 40.2 Å². The molecule has 31 heavy (non-hydrogen) atoms. The molecule has 2 aliphatic rings. The second kappa shape index (κ2) is 8.18. The Hall–Kier alpha value is -2.55. The zero-order valence-electron chi connectivity index (χ0n) is 17.4. The van der Waals surface area contributed by atoms with Crippen molar-refractivity contribution in [3.8, 4) is 0 Å². The standard InChI is InChI=1S/C22H25ClN6O2/c1-14-18(23)8-15(9-24-14)10-25-16-4-6-27(7-5-16)12-17-13-28-20(30)3-2-19-22(28)29(17)21(31)11-26-19/h2-3,8-9,11,16-17,25H,4-7,10,12-13H2,1H3/t17-/m0/s1. The number of aromatic nitrogens is 4. The fourth-order valence-electron chi connectivity index (χ4n) is 4.69. The predicted molar refractivity (Wildman–Crippen MR) is 120 cm³/mol. The molecule has 8 nitrogen and oxygen atoms in total. The Balaban J connectivity index is 1.21. The molecule has 0 aromatic carbocycles. The Morgan fingerprint density at radius 1 is 1.13 bits per heavy atom. The molecule has 1 saturated heterocycles. The largest absolute Gasteiger partial charge is 0.310 e. The molecule has 0 bridgehead atoms. The number of nitrogens with zero attached hydrogens (tertiary/aromatic N) is 5. The maximum Gasteiger partial charge on any atom is 0.270 e. The van der Waals surface area contributed by atoms with Gasteiger partial charge in [0.15, 0.2) is 0 Å². The molecule has 1 atom stereocenters. The molecule has 5 heterocycles. The van der Waals surface area contributed by atoms with Crippen LogP contribution in [0.3, 0.4) is 0 Å². The van der Waals surface area contributed by atoms with Crippen molar-refractivity contribution in [2.24, 2.45) is 0 Å². The Morgan fingerprint density at radius 2 is 1.94 bits per heavy atom. The zero-order valence-corrected chi connectivity index (χ0v) is 18.2. The number of hydrogen-bond donors (Lipinski definition) is 1. The number of likely N-dealkylation sites (tertiary alicyclic amines) is 1. The maximum absolute atomic E-state index is 12.5. The zero-order chi connectivity index (χ0) is 21.5. The van der Waals surface area contributed by atoms with Gasteiger partial charge in [0.05, 0.1) is 23.0 Å². The number of aryl methyl sites for hydroxylation is 1. The van der Waals surface area contributed by atoms with Crippen molar-refractivity contribution in [3.63, 3.8) is 0 Å². The lowest BCUT2D eigenvalue weighted by molar-refractivity contribution is 0.171. The SMILES string of the molecule is Cc1ncc(CNC2CCN(C[C@H]3Cn4c(=O)ccc5ncc(=O)n3c54)CC2)cc1Cl. The molecule has 0 unspecified atom stereocenters. The van der Waals surface area contributed by atoms with Crippen molar-refractivity contribution in [3.05, 3.63) is 67.6 Å². The summed E-state index contributed by atoms with van der Waals surface area (Å²) in [5.41, 5.74) is 3.05. The van der Waals surface area contributed by atoms with E-state index < -0.39 is 0 Å². The van der Waals surface area contributed by atoms with Crippen LogP contribution in [-0.4, -0.2) is 49.7 Å². The molecule has 3 aromatic rings. The Bertz CT molecular complexity index is 1240. The summed E-state index contributed by atoms with van der Waals surface area (Å²) >= 11 is 6.17. The molecule has 0 amide bonds. The molecule has 9 heteroatoms. The first-order valence-corrected chi connectivity index (χ1v) is 11.1. The van der Waals surface area contributed by atoms with Crippen LogP contribution in [0.1, 0.15) is 30.1 Å². The fourth-order valence-corrected chi connectivity index (χ4v) is 4.88. The van der Waals surface area contributed by atoms with Crippen molar-refractivity contribution in [1.29, 1.82) is 0 Å². The monoisotopic (exact) mass is 440 g/mol. The second-order valence-corrected chi connectivity index (χ2v) is 8.89. The minimum Gasteiger partial charge on any atom is -0.310 e. The van der Waals surface area contributed by atoms with Crippen molar-refractivity contribution in [2.75, 3.05) is 19.6 Å². The molecular weight excluding hydrogens is 416 g/mol. The highest BCUT2D eigenvalue weighted by molar-refractivity contribution is 6.31. The Kier molecular flexibility index (Phi) is 5.37. The van der Waals surface area contributed by atoms with Crippen LogP contribution in [0.2, 0.25) is 5.02 Å². The first-order valence-electron chi connectivity index (χ1n) is 10.7. The van der Waals surface area contributed by atoms with Crippen LogP contribution in [0.5, 0.6) is 0 Å². The van der Waals surface area contributed by atoms with Gasteiger partial charge in [0.1, 0.15) is 11.2 Å². The van der Waals surface area contributed by atoms with Crippen LogP contribution in [0.25, 0.3) is 11.2 Å². The quantitative estimate of drug-likeness (QED) is 0.650. The van der Waals surface area contributed by atoms with E-state index in [0.29, 0.717) is 28.8 Å². The third kappa shape index (κ3) is 3.91. The summed E-state index contributed by atoms with van der Waals surface area (Å²) in [6.45, 7) is 5.84. The third-order valence-electron chi connectivity index (χ3n) is 6.41. The van der Waals surface area contributed by atoms with Gasteiger partial charge >= 0.3 is 0 Å². The number of hydrogen-bond acceptors (Lipinski definition) is 6. The van der Waals surface area contributed by atoms with E-state index in [1.807, 2.05) is 19.2 Å². The highest BCUT2D eigenvalue weighted by atomic mass is 35.5. The van der Waals surface area contributed by atoms with Gasteiger partial charge in [-0.2, -0.15) is 0 Å². The molecule has 0 aliphatic carbocycles. The van der Waals surface area contributed by atoms with Gasteiger partial charge in [-0.1, -0.05) is 11.6 Å². The van der Waals surface area contributed by atoms with Gasteiger partial charge in [-0.3, -0.25) is 23.7 Å². The third-order valence-corrected chi connectivity index (χ3v) is 6.79. The van der Waals surface area contributed by atoms with E-state index in [1.165, 1.54) is 12.3 Å². The van der Waals surface area contributed by atoms with E-state index >= 15 is 0 Å². The van der Waals surface area contributed by atoms with Gasteiger partial charge in [0.2, 0.25) is 0 Å². The Morgan fingerprint density at radius 3 is 2.71 bits per heavy atom. The lowest BCUT2D eigenvalue weighted by atomic mass is 10.0. The van der Waals surface area contributed by atoms with Crippen molar-refractivity contribution in [2.45, 2.75) is 44.9 Å². The fraction of sp³-hybridized carbons (Fsp3) is 0.455. The first kappa shape index (κ1) is 20.4. The maximum atomic E-state index is 12.5. The molecule has 0 radical (unpaired) electrons. The molecular formula is C22H25ClN6O2. The molecule has 1 N–H and O–H groups in total. The van der Waals surface area contributed by atoms with Crippen LogP contribution in [0.4, 0.5) is 0 Å². The van der Waals surface area contributed by atoms with E-state index in [2.05, 4.69) is 20.2 Å². The molecule has 2 aliphatic heterocycles. The summed E-state index contributed by atoms with van der Waals surface area (Å²) in [5, 5.41) is 4.31. The lowest BCUT2D eigenvalue weighted by Crippen LogP contribution is -2.44. The lowest BCUT2D eigenvalue weighted by Gasteiger charge is -2.34. The van der Waals surface area contributed by atoms with Crippen LogP contribution < -0.4 is 16.4 Å².